The van der Waals surface area contributed by atoms with Gasteiger partial charge in [-0.15, -0.1) is 0 Å². The number of carboxylic acids is 1. The second-order valence-electron chi connectivity index (χ2n) is 5.53. The molecule has 0 spiro atoms. The van der Waals surface area contributed by atoms with Gasteiger partial charge in [0.15, 0.2) is 0 Å². The van der Waals surface area contributed by atoms with Crippen LogP contribution in [0, 0.1) is 0 Å². The van der Waals surface area contributed by atoms with E-state index in [2.05, 4.69) is 6.92 Å². The summed E-state index contributed by atoms with van der Waals surface area (Å²) in [5.74, 6) is -0.967. The third kappa shape index (κ3) is 3.01. The van der Waals surface area contributed by atoms with Gasteiger partial charge in [0.25, 0.3) is 5.56 Å². The van der Waals surface area contributed by atoms with Crippen molar-refractivity contribution in [3.8, 4) is 0 Å². The number of aromatic nitrogens is 1. The molecular weight excluding hydrogens is 290 g/mol. The van der Waals surface area contributed by atoms with Gasteiger partial charge in [-0.25, -0.2) is 4.79 Å². The molecule has 0 unspecified atom stereocenters. The Hall–Kier alpha value is -2.88. The number of fused-ring (bicyclic) bond motifs is 1. The van der Waals surface area contributed by atoms with Crippen molar-refractivity contribution in [2.45, 2.75) is 19.9 Å². The average molecular weight is 307 g/mol. The van der Waals surface area contributed by atoms with Crippen molar-refractivity contribution < 1.29 is 9.90 Å². The minimum Gasteiger partial charge on any atom is -0.478 e. The van der Waals surface area contributed by atoms with E-state index in [9.17, 15) is 9.59 Å². The normalized spacial score (nSPS) is 10.8. The number of pyridine rings is 1. The largest absolute Gasteiger partial charge is 0.478 e. The van der Waals surface area contributed by atoms with Crippen molar-refractivity contribution in [2.75, 3.05) is 0 Å². The highest BCUT2D eigenvalue weighted by Gasteiger charge is 2.07. The Morgan fingerprint density at radius 2 is 1.91 bits per heavy atom. The summed E-state index contributed by atoms with van der Waals surface area (Å²) in [5, 5.41) is 10.7. The van der Waals surface area contributed by atoms with Gasteiger partial charge in [-0.1, -0.05) is 31.2 Å². The zero-order chi connectivity index (χ0) is 16.4. The topological polar surface area (TPSA) is 59.3 Å². The van der Waals surface area contributed by atoms with Gasteiger partial charge in [0, 0.05) is 11.6 Å². The number of hydrogen-bond donors (Lipinski definition) is 1. The van der Waals surface area contributed by atoms with E-state index >= 15 is 0 Å². The van der Waals surface area contributed by atoms with E-state index in [1.807, 2.05) is 30.3 Å². The van der Waals surface area contributed by atoms with Crippen LogP contribution in [0.3, 0.4) is 0 Å². The lowest BCUT2D eigenvalue weighted by Gasteiger charge is -2.09. The first-order valence-electron chi connectivity index (χ1n) is 7.53. The van der Waals surface area contributed by atoms with Gasteiger partial charge in [-0.3, -0.25) is 4.79 Å². The highest BCUT2D eigenvalue weighted by molar-refractivity contribution is 5.87. The number of carboxylic acid groups (broad SMARTS) is 1. The number of benzene rings is 2. The Kier molecular flexibility index (Phi) is 3.98. The molecule has 3 aromatic rings. The van der Waals surface area contributed by atoms with Crippen LogP contribution in [-0.2, 0) is 13.0 Å². The summed E-state index contributed by atoms with van der Waals surface area (Å²) in [6.07, 6.45) is 2.63. The van der Waals surface area contributed by atoms with E-state index in [4.69, 9.17) is 5.11 Å². The zero-order valence-electron chi connectivity index (χ0n) is 12.8. The number of hydrogen-bond acceptors (Lipinski definition) is 2. The lowest BCUT2D eigenvalue weighted by atomic mass is 10.1. The molecular formula is C19H17NO3. The van der Waals surface area contributed by atoms with Crippen LogP contribution in [0.5, 0.6) is 0 Å². The van der Waals surface area contributed by atoms with Crippen molar-refractivity contribution in [3.63, 3.8) is 0 Å². The number of aryl methyl sites for hydroxylation is 1. The first-order valence-corrected chi connectivity index (χ1v) is 7.53. The van der Waals surface area contributed by atoms with E-state index in [0.717, 1.165) is 22.9 Å². The van der Waals surface area contributed by atoms with E-state index in [1.165, 1.54) is 0 Å². The molecule has 0 aliphatic heterocycles. The van der Waals surface area contributed by atoms with Gasteiger partial charge in [-0.05, 0) is 47.2 Å². The van der Waals surface area contributed by atoms with Crippen LogP contribution in [0.15, 0.2) is 59.5 Å². The third-order valence-corrected chi connectivity index (χ3v) is 3.98. The average Bonchev–Trinajstić information content (AvgIpc) is 2.57. The summed E-state index contributed by atoms with van der Waals surface area (Å²) in [6.45, 7) is 2.41. The monoisotopic (exact) mass is 307 g/mol. The number of rotatable bonds is 4. The van der Waals surface area contributed by atoms with Gasteiger partial charge < -0.3 is 9.67 Å². The SMILES string of the molecule is CCc1ccc2ccn(Cc3cccc(C(=O)O)c3)c(=O)c2c1. The Morgan fingerprint density at radius 1 is 1.09 bits per heavy atom. The van der Waals surface area contributed by atoms with Crippen LogP contribution < -0.4 is 5.56 Å². The van der Waals surface area contributed by atoms with Crippen molar-refractivity contribution >= 4 is 16.7 Å². The third-order valence-electron chi connectivity index (χ3n) is 3.98. The maximum atomic E-state index is 12.7. The molecule has 3 rings (SSSR count). The molecule has 0 fully saturated rings. The first-order chi connectivity index (χ1) is 11.1. The molecule has 1 N–H and O–H groups in total. The molecule has 1 aromatic heterocycles. The molecule has 4 heteroatoms. The summed E-state index contributed by atoms with van der Waals surface area (Å²) in [6, 6.07) is 14.5. The van der Waals surface area contributed by atoms with Crippen LogP contribution in [0.25, 0.3) is 10.8 Å². The fourth-order valence-corrected chi connectivity index (χ4v) is 2.67. The molecule has 0 saturated carbocycles. The minimum absolute atomic E-state index is 0.0569. The van der Waals surface area contributed by atoms with Crippen LogP contribution in [0.1, 0.15) is 28.4 Å². The number of nitrogens with zero attached hydrogens (tertiary/aromatic N) is 1. The Labute approximate surface area is 133 Å². The maximum Gasteiger partial charge on any atom is 0.335 e. The maximum absolute atomic E-state index is 12.7. The van der Waals surface area contributed by atoms with Gasteiger partial charge >= 0.3 is 5.97 Å². The van der Waals surface area contributed by atoms with E-state index in [0.29, 0.717) is 11.9 Å². The molecule has 0 saturated heterocycles. The van der Waals surface area contributed by atoms with Gasteiger partial charge in [0.2, 0.25) is 0 Å². The Morgan fingerprint density at radius 3 is 2.65 bits per heavy atom. The summed E-state index contributed by atoms with van der Waals surface area (Å²) >= 11 is 0. The van der Waals surface area contributed by atoms with Crippen molar-refractivity contribution in [1.82, 2.24) is 4.57 Å². The fourth-order valence-electron chi connectivity index (χ4n) is 2.67. The minimum atomic E-state index is -0.967. The molecule has 0 aliphatic rings. The second-order valence-corrected chi connectivity index (χ2v) is 5.53. The lowest BCUT2D eigenvalue weighted by molar-refractivity contribution is 0.0696. The van der Waals surface area contributed by atoms with Gasteiger partial charge in [-0.2, -0.15) is 0 Å². The van der Waals surface area contributed by atoms with Crippen molar-refractivity contribution in [2.24, 2.45) is 0 Å². The molecule has 1 heterocycles. The van der Waals surface area contributed by atoms with Gasteiger partial charge in [0.05, 0.1) is 12.1 Å². The quantitative estimate of drug-likeness (QED) is 0.804. The Bertz CT molecular complexity index is 941. The van der Waals surface area contributed by atoms with E-state index in [-0.39, 0.29) is 11.1 Å². The summed E-state index contributed by atoms with van der Waals surface area (Å²) in [4.78, 5) is 23.7. The molecule has 4 nitrogen and oxygen atoms in total. The van der Waals surface area contributed by atoms with Crippen molar-refractivity contribution in [1.29, 1.82) is 0 Å². The van der Waals surface area contributed by atoms with Crippen LogP contribution in [-0.4, -0.2) is 15.6 Å². The second kappa shape index (κ2) is 6.08. The van der Waals surface area contributed by atoms with Crippen LogP contribution >= 0.6 is 0 Å². The predicted octanol–water partition coefficient (Wildman–Crippen LogP) is 3.31. The Balaban J connectivity index is 2.03. The molecule has 0 aliphatic carbocycles. The number of aromatic carboxylic acids is 1. The van der Waals surface area contributed by atoms with E-state index < -0.39 is 5.97 Å². The summed E-state index contributed by atoms with van der Waals surface area (Å²) in [7, 11) is 0. The first kappa shape index (κ1) is 15.0. The van der Waals surface area contributed by atoms with Crippen LogP contribution in [0.4, 0.5) is 0 Å². The fraction of sp³-hybridized carbons (Fsp3) is 0.158. The van der Waals surface area contributed by atoms with Crippen molar-refractivity contribution in [3.05, 3.63) is 81.8 Å². The van der Waals surface area contributed by atoms with E-state index in [1.54, 1.807) is 29.0 Å². The predicted molar refractivity (Wildman–Crippen MR) is 90.1 cm³/mol. The standard InChI is InChI=1S/C19H17NO3/c1-2-13-6-7-15-8-9-20(18(21)17(15)11-13)12-14-4-3-5-16(10-14)19(22)23/h3-11H,2,12H2,1H3,(H,22,23). The lowest BCUT2D eigenvalue weighted by Crippen LogP contribution is -2.20. The van der Waals surface area contributed by atoms with Crippen LogP contribution in [0.2, 0.25) is 0 Å². The molecule has 23 heavy (non-hydrogen) atoms. The molecule has 0 bridgehead atoms. The summed E-state index contributed by atoms with van der Waals surface area (Å²) in [5.41, 5.74) is 2.08. The zero-order valence-corrected chi connectivity index (χ0v) is 12.8. The molecule has 0 radical (unpaired) electrons. The van der Waals surface area contributed by atoms with Gasteiger partial charge in [0.1, 0.15) is 0 Å². The molecule has 0 amide bonds. The molecule has 2 aromatic carbocycles. The molecule has 0 atom stereocenters. The summed E-state index contributed by atoms with van der Waals surface area (Å²) < 4.78 is 1.61. The highest BCUT2D eigenvalue weighted by Crippen LogP contribution is 2.14. The highest BCUT2D eigenvalue weighted by atomic mass is 16.4. The smallest absolute Gasteiger partial charge is 0.335 e. The molecule has 116 valence electrons. The number of carbonyl (C=O) groups is 1.